The molecular formula is C19H27N3O2. The lowest BCUT2D eigenvalue weighted by atomic mass is 10.0. The number of hydrogen-bond acceptors (Lipinski definition) is 3. The molecule has 1 aromatic rings. The van der Waals surface area contributed by atoms with Gasteiger partial charge >= 0.3 is 0 Å². The van der Waals surface area contributed by atoms with Crippen LogP contribution in [0, 0.1) is 0 Å². The summed E-state index contributed by atoms with van der Waals surface area (Å²) < 4.78 is 0. The third kappa shape index (κ3) is 3.05. The first-order chi connectivity index (χ1) is 11.7. The van der Waals surface area contributed by atoms with Crippen molar-refractivity contribution in [2.24, 2.45) is 0 Å². The van der Waals surface area contributed by atoms with Crippen molar-refractivity contribution in [2.75, 3.05) is 26.2 Å². The molecule has 1 fully saturated rings. The van der Waals surface area contributed by atoms with Crippen LogP contribution in [0.25, 0.3) is 0 Å². The van der Waals surface area contributed by atoms with Gasteiger partial charge in [-0.15, -0.1) is 0 Å². The van der Waals surface area contributed by atoms with Crippen LogP contribution in [0.3, 0.4) is 0 Å². The second-order valence-electron chi connectivity index (χ2n) is 6.64. The molecule has 0 radical (unpaired) electrons. The van der Waals surface area contributed by atoms with Gasteiger partial charge < -0.3 is 15.1 Å². The molecule has 2 unspecified atom stereocenters. The molecular weight excluding hydrogens is 302 g/mol. The van der Waals surface area contributed by atoms with Crippen molar-refractivity contribution in [1.29, 1.82) is 0 Å². The molecule has 2 aliphatic rings. The van der Waals surface area contributed by atoms with Crippen molar-refractivity contribution in [3.05, 3.63) is 35.4 Å². The quantitative estimate of drug-likeness (QED) is 0.870. The molecule has 2 atom stereocenters. The van der Waals surface area contributed by atoms with Crippen molar-refractivity contribution >= 4 is 11.8 Å². The van der Waals surface area contributed by atoms with Gasteiger partial charge in [0.1, 0.15) is 0 Å². The fraction of sp³-hybridized carbons (Fsp3) is 0.579. The van der Waals surface area contributed by atoms with Gasteiger partial charge in [-0.2, -0.15) is 0 Å². The molecule has 1 N–H and O–H groups in total. The fourth-order valence-corrected chi connectivity index (χ4v) is 3.82. The second kappa shape index (κ2) is 7.34. The van der Waals surface area contributed by atoms with E-state index in [4.69, 9.17) is 0 Å². The zero-order valence-electron chi connectivity index (χ0n) is 14.6. The Bertz CT molecular complexity index is 616. The standard InChI is InChI=1S/C19H27N3O2/c1-3-5-10-16(20-4-2)19(24)21-11-12-22-17(13-21)14-8-6-7-9-15(14)18(22)23/h6-9,16-17,20H,3-5,10-13H2,1-2H3. The third-order valence-electron chi connectivity index (χ3n) is 5.10. The highest BCUT2D eigenvalue weighted by Crippen LogP contribution is 2.36. The molecule has 5 nitrogen and oxygen atoms in total. The van der Waals surface area contributed by atoms with E-state index in [1.54, 1.807) is 0 Å². The van der Waals surface area contributed by atoms with Crippen molar-refractivity contribution in [1.82, 2.24) is 15.1 Å². The minimum absolute atomic E-state index is 0.0138. The Labute approximate surface area is 144 Å². The SMILES string of the molecule is CCCCC(NCC)C(=O)N1CCN2C(=O)c3ccccc3C2C1. The number of nitrogens with zero attached hydrogens (tertiary/aromatic N) is 2. The molecule has 2 heterocycles. The van der Waals surface area contributed by atoms with Crippen LogP contribution in [-0.2, 0) is 4.79 Å². The van der Waals surface area contributed by atoms with Crippen LogP contribution in [0.2, 0.25) is 0 Å². The Morgan fingerprint density at radius 1 is 1.29 bits per heavy atom. The summed E-state index contributed by atoms with van der Waals surface area (Å²) >= 11 is 0. The summed E-state index contributed by atoms with van der Waals surface area (Å²) in [6.07, 6.45) is 3.02. The molecule has 0 aliphatic carbocycles. The summed E-state index contributed by atoms with van der Waals surface area (Å²) in [6, 6.07) is 7.70. The fourth-order valence-electron chi connectivity index (χ4n) is 3.82. The largest absolute Gasteiger partial charge is 0.337 e. The van der Waals surface area contributed by atoms with Crippen LogP contribution in [0.4, 0.5) is 0 Å². The average molecular weight is 329 g/mol. The van der Waals surface area contributed by atoms with Gasteiger partial charge in [-0.1, -0.05) is 44.9 Å². The van der Waals surface area contributed by atoms with Crippen LogP contribution >= 0.6 is 0 Å². The number of benzene rings is 1. The third-order valence-corrected chi connectivity index (χ3v) is 5.10. The van der Waals surface area contributed by atoms with E-state index in [0.717, 1.165) is 36.9 Å². The number of hydrogen-bond donors (Lipinski definition) is 1. The highest BCUT2D eigenvalue weighted by Gasteiger charge is 2.41. The van der Waals surface area contributed by atoms with Gasteiger partial charge in [0.25, 0.3) is 5.91 Å². The first-order valence-electron chi connectivity index (χ1n) is 9.09. The van der Waals surface area contributed by atoms with E-state index in [1.165, 1.54) is 0 Å². The van der Waals surface area contributed by atoms with E-state index in [-0.39, 0.29) is 23.9 Å². The minimum atomic E-state index is -0.103. The number of fused-ring (bicyclic) bond motifs is 3. The van der Waals surface area contributed by atoms with Gasteiger partial charge in [-0.05, 0) is 24.6 Å². The monoisotopic (exact) mass is 329 g/mol. The predicted octanol–water partition coefficient (Wildman–Crippen LogP) is 2.19. The van der Waals surface area contributed by atoms with Gasteiger partial charge in [0.15, 0.2) is 0 Å². The topological polar surface area (TPSA) is 52.7 Å². The Morgan fingerprint density at radius 2 is 2.08 bits per heavy atom. The number of likely N-dealkylation sites (N-methyl/N-ethyl adjacent to an activating group) is 1. The van der Waals surface area contributed by atoms with Gasteiger partial charge in [-0.25, -0.2) is 0 Å². The lowest BCUT2D eigenvalue weighted by Gasteiger charge is -2.39. The number of carbonyl (C=O) groups excluding carboxylic acids is 2. The van der Waals surface area contributed by atoms with Crippen LogP contribution in [0.1, 0.15) is 55.1 Å². The summed E-state index contributed by atoms with van der Waals surface area (Å²) in [5.41, 5.74) is 1.86. The average Bonchev–Trinajstić information content (AvgIpc) is 2.91. The predicted molar refractivity (Wildman–Crippen MR) is 93.8 cm³/mol. The van der Waals surface area contributed by atoms with Gasteiger partial charge in [0.2, 0.25) is 5.91 Å². The van der Waals surface area contributed by atoms with E-state index in [2.05, 4.69) is 12.2 Å². The molecule has 130 valence electrons. The zero-order chi connectivity index (χ0) is 17.1. The van der Waals surface area contributed by atoms with Crippen LogP contribution in [-0.4, -0.2) is 53.8 Å². The summed E-state index contributed by atoms with van der Waals surface area (Å²) in [5.74, 6) is 0.290. The van der Waals surface area contributed by atoms with Crippen molar-refractivity contribution < 1.29 is 9.59 Å². The Morgan fingerprint density at radius 3 is 2.83 bits per heavy atom. The normalized spacial score (nSPS) is 20.8. The highest BCUT2D eigenvalue weighted by molar-refractivity contribution is 5.99. The minimum Gasteiger partial charge on any atom is -0.337 e. The van der Waals surface area contributed by atoms with E-state index < -0.39 is 0 Å². The number of nitrogens with one attached hydrogen (secondary N) is 1. The summed E-state index contributed by atoms with van der Waals surface area (Å²) in [7, 11) is 0. The molecule has 5 heteroatoms. The van der Waals surface area contributed by atoms with Gasteiger partial charge in [0, 0.05) is 25.2 Å². The maximum atomic E-state index is 12.9. The second-order valence-corrected chi connectivity index (χ2v) is 6.64. The molecule has 24 heavy (non-hydrogen) atoms. The number of rotatable bonds is 6. The van der Waals surface area contributed by atoms with E-state index in [9.17, 15) is 9.59 Å². The molecule has 3 rings (SSSR count). The molecule has 0 bridgehead atoms. The van der Waals surface area contributed by atoms with Crippen LogP contribution in [0.15, 0.2) is 24.3 Å². The summed E-state index contributed by atoms with van der Waals surface area (Å²) in [4.78, 5) is 29.3. The number of unbranched alkanes of at least 4 members (excludes halogenated alkanes) is 1. The van der Waals surface area contributed by atoms with E-state index in [0.29, 0.717) is 19.6 Å². The molecule has 0 spiro atoms. The number of amides is 2. The molecule has 1 saturated heterocycles. The highest BCUT2D eigenvalue weighted by atomic mass is 16.2. The van der Waals surface area contributed by atoms with E-state index in [1.807, 2.05) is 41.0 Å². The molecule has 2 aliphatic heterocycles. The van der Waals surface area contributed by atoms with Crippen molar-refractivity contribution in [3.8, 4) is 0 Å². The molecule has 0 saturated carbocycles. The zero-order valence-corrected chi connectivity index (χ0v) is 14.6. The summed E-state index contributed by atoms with van der Waals surface area (Å²) in [5, 5.41) is 3.33. The first kappa shape index (κ1) is 17.0. The molecule has 2 amide bonds. The molecule has 0 aromatic heterocycles. The number of carbonyl (C=O) groups is 2. The maximum Gasteiger partial charge on any atom is 0.254 e. The lowest BCUT2D eigenvalue weighted by Crippen LogP contribution is -2.54. The Hall–Kier alpha value is -1.88. The Balaban J connectivity index is 1.74. The van der Waals surface area contributed by atoms with Gasteiger partial charge in [0.05, 0.1) is 12.1 Å². The molecule has 1 aromatic carbocycles. The van der Waals surface area contributed by atoms with Crippen LogP contribution in [0.5, 0.6) is 0 Å². The maximum absolute atomic E-state index is 12.9. The van der Waals surface area contributed by atoms with Crippen molar-refractivity contribution in [3.63, 3.8) is 0 Å². The Kier molecular flexibility index (Phi) is 5.19. The lowest BCUT2D eigenvalue weighted by molar-refractivity contribution is -0.136. The van der Waals surface area contributed by atoms with Gasteiger partial charge in [-0.3, -0.25) is 9.59 Å². The van der Waals surface area contributed by atoms with E-state index >= 15 is 0 Å². The first-order valence-corrected chi connectivity index (χ1v) is 9.09. The summed E-state index contributed by atoms with van der Waals surface area (Å²) in [6.45, 7) is 6.84. The smallest absolute Gasteiger partial charge is 0.254 e. The van der Waals surface area contributed by atoms with Crippen molar-refractivity contribution in [2.45, 2.75) is 45.2 Å². The van der Waals surface area contributed by atoms with Crippen LogP contribution < -0.4 is 5.32 Å². The number of piperazine rings is 1.